The molecule has 1 aliphatic heterocycles. The molecule has 1 saturated heterocycles. The topological polar surface area (TPSA) is 53.8 Å². The molecular weight excluding hydrogens is 352 g/mol. The van der Waals surface area contributed by atoms with Crippen LogP contribution < -0.4 is 15.0 Å². The van der Waals surface area contributed by atoms with Gasteiger partial charge >= 0.3 is 0 Å². The highest BCUT2D eigenvalue weighted by atomic mass is 16.5. The van der Waals surface area contributed by atoms with Gasteiger partial charge in [0.25, 0.3) is 6.01 Å². The van der Waals surface area contributed by atoms with Gasteiger partial charge in [-0.2, -0.15) is 0 Å². The van der Waals surface area contributed by atoms with Crippen molar-refractivity contribution in [3.05, 3.63) is 54.7 Å². The van der Waals surface area contributed by atoms with Crippen LogP contribution in [0.2, 0.25) is 0 Å². The molecule has 0 spiro atoms. The molecule has 28 heavy (non-hydrogen) atoms. The van der Waals surface area contributed by atoms with Gasteiger partial charge in [0.15, 0.2) is 5.76 Å². The summed E-state index contributed by atoms with van der Waals surface area (Å²) in [5, 5.41) is 3.24. The first-order valence-electron chi connectivity index (χ1n) is 9.71. The van der Waals surface area contributed by atoms with Crippen molar-refractivity contribution in [1.29, 1.82) is 0 Å². The quantitative estimate of drug-likeness (QED) is 0.693. The molecule has 1 aromatic heterocycles. The Morgan fingerprint density at radius 2 is 1.86 bits per heavy atom. The van der Waals surface area contributed by atoms with Gasteiger partial charge in [0, 0.05) is 43.1 Å². The molecule has 6 heteroatoms. The number of hydrogen-bond acceptors (Lipinski definition) is 6. The molecule has 4 rings (SSSR count). The van der Waals surface area contributed by atoms with Gasteiger partial charge in [0.1, 0.15) is 5.75 Å². The molecule has 3 aromatic rings. The normalized spacial score (nSPS) is 14.9. The number of oxazole rings is 1. The second-order valence-corrected chi connectivity index (χ2v) is 6.95. The Labute approximate surface area is 165 Å². The molecule has 0 saturated carbocycles. The molecule has 6 nitrogen and oxygen atoms in total. The molecule has 0 unspecified atom stereocenters. The average Bonchev–Trinajstić information content (AvgIpc) is 3.18. The third-order valence-electron chi connectivity index (χ3n) is 4.92. The maximum atomic E-state index is 5.87. The minimum atomic E-state index is 0.476. The molecule has 1 aliphatic rings. The van der Waals surface area contributed by atoms with Gasteiger partial charge in [-0.1, -0.05) is 12.1 Å². The summed E-state index contributed by atoms with van der Waals surface area (Å²) in [6, 6.07) is 16.7. The lowest BCUT2D eigenvalue weighted by Crippen LogP contribution is -2.44. The largest absolute Gasteiger partial charge is 0.494 e. The summed E-state index contributed by atoms with van der Waals surface area (Å²) < 4.78 is 11.4. The van der Waals surface area contributed by atoms with Crippen LogP contribution in [0.15, 0.2) is 59.1 Å². The van der Waals surface area contributed by atoms with E-state index in [0.29, 0.717) is 18.4 Å². The van der Waals surface area contributed by atoms with Crippen molar-refractivity contribution in [3.8, 4) is 17.1 Å². The summed E-state index contributed by atoms with van der Waals surface area (Å²) >= 11 is 0. The Morgan fingerprint density at radius 3 is 2.61 bits per heavy atom. The van der Waals surface area contributed by atoms with Crippen LogP contribution in [-0.4, -0.2) is 49.7 Å². The van der Waals surface area contributed by atoms with E-state index in [1.165, 1.54) is 5.69 Å². The lowest BCUT2D eigenvalue weighted by molar-refractivity contribution is 0.313. The fourth-order valence-electron chi connectivity index (χ4n) is 3.31. The Morgan fingerprint density at radius 1 is 1.07 bits per heavy atom. The van der Waals surface area contributed by atoms with Crippen LogP contribution in [0, 0.1) is 0 Å². The standard InChI is InChI=1S/C22H26N4O2/c1-3-27-20-6-4-5-17(15-20)21-16-23-22(28-21)24-18-7-9-19(10-8-18)26-13-11-25(2)12-14-26/h4-10,15-16H,3,11-14H2,1-2H3,(H,23,24). The number of anilines is 3. The third kappa shape index (κ3) is 4.28. The molecule has 146 valence electrons. The minimum Gasteiger partial charge on any atom is -0.494 e. The number of ether oxygens (including phenoxy) is 1. The number of nitrogens with one attached hydrogen (secondary N) is 1. The van der Waals surface area contributed by atoms with E-state index >= 15 is 0 Å². The Bertz CT molecular complexity index is 899. The van der Waals surface area contributed by atoms with E-state index in [-0.39, 0.29) is 0 Å². The van der Waals surface area contributed by atoms with E-state index in [1.807, 2.05) is 31.2 Å². The fraction of sp³-hybridized carbons (Fsp3) is 0.318. The van der Waals surface area contributed by atoms with Crippen LogP contribution in [0.3, 0.4) is 0 Å². The Hall–Kier alpha value is -2.99. The van der Waals surface area contributed by atoms with Crippen molar-refractivity contribution in [3.63, 3.8) is 0 Å². The predicted octanol–water partition coefficient (Wildman–Crippen LogP) is 4.24. The van der Waals surface area contributed by atoms with Gasteiger partial charge in [0.2, 0.25) is 0 Å². The van der Waals surface area contributed by atoms with Gasteiger partial charge in [0.05, 0.1) is 12.8 Å². The summed E-state index contributed by atoms with van der Waals surface area (Å²) in [6.45, 7) is 6.93. The molecule has 2 aromatic carbocycles. The van der Waals surface area contributed by atoms with Crippen LogP contribution in [0.4, 0.5) is 17.4 Å². The van der Waals surface area contributed by atoms with Crippen LogP contribution in [0.25, 0.3) is 11.3 Å². The first-order valence-corrected chi connectivity index (χ1v) is 9.71. The number of hydrogen-bond donors (Lipinski definition) is 1. The van der Waals surface area contributed by atoms with Gasteiger partial charge in [-0.3, -0.25) is 0 Å². The van der Waals surface area contributed by atoms with Crippen molar-refractivity contribution in [2.45, 2.75) is 6.92 Å². The van der Waals surface area contributed by atoms with Crippen molar-refractivity contribution in [2.24, 2.45) is 0 Å². The van der Waals surface area contributed by atoms with Gasteiger partial charge in [-0.25, -0.2) is 4.98 Å². The lowest BCUT2D eigenvalue weighted by Gasteiger charge is -2.34. The summed E-state index contributed by atoms with van der Waals surface area (Å²) in [4.78, 5) is 9.12. The second kappa shape index (κ2) is 8.35. The minimum absolute atomic E-state index is 0.476. The Balaban J connectivity index is 1.42. The van der Waals surface area contributed by atoms with Crippen molar-refractivity contribution < 1.29 is 9.15 Å². The van der Waals surface area contributed by atoms with E-state index in [4.69, 9.17) is 9.15 Å². The lowest BCUT2D eigenvalue weighted by atomic mass is 10.2. The van der Waals surface area contributed by atoms with Crippen LogP contribution >= 0.6 is 0 Å². The highest BCUT2D eigenvalue weighted by molar-refractivity contribution is 5.62. The zero-order valence-corrected chi connectivity index (χ0v) is 16.4. The monoisotopic (exact) mass is 378 g/mol. The number of likely N-dealkylation sites (N-methyl/N-ethyl adjacent to an activating group) is 1. The molecular formula is C22H26N4O2. The van der Waals surface area contributed by atoms with Crippen LogP contribution in [0.5, 0.6) is 5.75 Å². The highest BCUT2D eigenvalue weighted by Gasteiger charge is 2.14. The maximum absolute atomic E-state index is 5.87. The van der Waals surface area contributed by atoms with Crippen LogP contribution in [0.1, 0.15) is 6.92 Å². The van der Waals surface area contributed by atoms with Gasteiger partial charge in [-0.15, -0.1) is 0 Å². The van der Waals surface area contributed by atoms with Crippen molar-refractivity contribution in [1.82, 2.24) is 9.88 Å². The van der Waals surface area contributed by atoms with Gasteiger partial charge < -0.3 is 24.3 Å². The number of rotatable bonds is 6. The molecule has 0 bridgehead atoms. The maximum Gasteiger partial charge on any atom is 0.299 e. The number of piperazine rings is 1. The molecule has 0 amide bonds. The summed E-state index contributed by atoms with van der Waals surface area (Å²) in [5.41, 5.74) is 3.14. The van der Waals surface area contributed by atoms with Crippen molar-refractivity contribution in [2.75, 3.05) is 50.1 Å². The number of benzene rings is 2. The van der Waals surface area contributed by atoms with Crippen molar-refractivity contribution >= 4 is 17.4 Å². The molecule has 0 atom stereocenters. The molecule has 2 heterocycles. The zero-order valence-electron chi connectivity index (χ0n) is 16.4. The van der Waals surface area contributed by atoms with E-state index in [1.54, 1.807) is 6.20 Å². The second-order valence-electron chi connectivity index (χ2n) is 6.95. The molecule has 1 N–H and O–H groups in total. The summed E-state index contributed by atoms with van der Waals surface area (Å²) in [7, 11) is 2.17. The van der Waals surface area contributed by atoms with E-state index in [2.05, 4.69) is 51.4 Å². The first kappa shape index (κ1) is 18.4. The number of aromatic nitrogens is 1. The molecule has 1 fully saturated rings. The Kier molecular flexibility index (Phi) is 5.48. The average molecular weight is 378 g/mol. The SMILES string of the molecule is CCOc1cccc(-c2cnc(Nc3ccc(N4CCN(C)CC4)cc3)o2)c1. The zero-order chi connectivity index (χ0) is 19.3. The molecule has 0 aliphatic carbocycles. The van der Waals surface area contributed by atoms with E-state index < -0.39 is 0 Å². The smallest absolute Gasteiger partial charge is 0.299 e. The van der Waals surface area contributed by atoms with E-state index in [0.717, 1.165) is 43.2 Å². The highest BCUT2D eigenvalue weighted by Crippen LogP contribution is 2.28. The van der Waals surface area contributed by atoms with Gasteiger partial charge in [-0.05, 0) is 50.4 Å². The third-order valence-corrected chi connectivity index (χ3v) is 4.92. The van der Waals surface area contributed by atoms with E-state index in [9.17, 15) is 0 Å². The molecule has 0 radical (unpaired) electrons. The fourth-order valence-corrected chi connectivity index (χ4v) is 3.31. The predicted molar refractivity (Wildman–Crippen MR) is 113 cm³/mol. The van der Waals surface area contributed by atoms with Crippen LogP contribution in [-0.2, 0) is 0 Å². The first-order chi connectivity index (χ1) is 13.7. The number of nitrogens with zero attached hydrogens (tertiary/aromatic N) is 3. The summed E-state index contributed by atoms with van der Waals surface area (Å²) in [6.07, 6.45) is 1.73. The summed E-state index contributed by atoms with van der Waals surface area (Å²) in [5.74, 6) is 1.53.